The molecule has 1 fully saturated rings. The Bertz CT molecular complexity index is 997. The number of nitrogens with zero attached hydrogens (tertiary/aromatic N) is 2. The number of hydrogen-bond acceptors (Lipinski definition) is 5. The molecular formula is C24H27N3O2S. The molecule has 30 heavy (non-hydrogen) atoms. The molecule has 0 saturated carbocycles. The molecule has 1 atom stereocenters. The van der Waals surface area contributed by atoms with Crippen molar-refractivity contribution < 1.29 is 9.53 Å². The minimum atomic E-state index is -0.0636. The van der Waals surface area contributed by atoms with E-state index < -0.39 is 0 Å². The van der Waals surface area contributed by atoms with E-state index in [4.69, 9.17) is 4.74 Å². The first-order valence-corrected chi connectivity index (χ1v) is 11.2. The van der Waals surface area contributed by atoms with Crippen molar-refractivity contribution in [2.45, 2.75) is 25.8 Å². The van der Waals surface area contributed by atoms with Gasteiger partial charge in [0, 0.05) is 17.7 Å². The number of benzene rings is 2. The molecule has 1 aromatic heterocycles. The Morgan fingerprint density at radius 3 is 2.57 bits per heavy atom. The second-order valence-corrected chi connectivity index (χ2v) is 8.51. The quantitative estimate of drug-likeness (QED) is 0.601. The fourth-order valence-electron chi connectivity index (χ4n) is 4.01. The van der Waals surface area contributed by atoms with Crippen LogP contribution in [0.4, 0.5) is 0 Å². The predicted molar refractivity (Wildman–Crippen MR) is 121 cm³/mol. The van der Waals surface area contributed by atoms with Gasteiger partial charge in [-0.05, 0) is 38.9 Å². The number of methoxy groups -OCH3 is 1. The van der Waals surface area contributed by atoms with Crippen molar-refractivity contribution in [1.29, 1.82) is 0 Å². The summed E-state index contributed by atoms with van der Waals surface area (Å²) in [6.45, 7) is 4.51. The van der Waals surface area contributed by atoms with Crippen LogP contribution in [-0.4, -0.2) is 42.5 Å². The second-order valence-electron chi connectivity index (χ2n) is 7.51. The molecule has 1 aliphatic rings. The zero-order valence-corrected chi connectivity index (χ0v) is 18.2. The number of thiazole rings is 1. The van der Waals surface area contributed by atoms with Gasteiger partial charge in [0.05, 0.1) is 18.8 Å². The SMILES string of the molecule is COc1ccccc1C(CNC(=O)c1sc(-c2ccccc2)nc1C)N1CCCC1. The first-order valence-electron chi connectivity index (χ1n) is 10.4. The number of amides is 1. The summed E-state index contributed by atoms with van der Waals surface area (Å²) in [5.74, 6) is 0.801. The van der Waals surface area contributed by atoms with Crippen molar-refractivity contribution in [3.05, 3.63) is 70.7 Å². The number of aromatic nitrogens is 1. The fraction of sp³-hybridized carbons (Fsp3) is 0.333. The van der Waals surface area contributed by atoms with Crippen molar-refractivity contribution in [2.24, 2.45) is 0 Å². The van der Waals surface area contributed by atoms with Crippen molar-refractivity contribution >= 4 is 17.2 Å². The van der Waals surface area contributed by atoms with Gasteiger partial charge in [0.2, 0.25) is 0 Å². The number of nitrogens with one attached hydrogen (secondary N) is 1. The number of hydrogen-bond donors (Lipinski definition) is 1. The molecular weight excluding hydrogens is 394 g/mol. The van der Waals surface area contributed by atoms with Gasteiger partial charge in [0.1, 0.15) is 15.6 Å². The lowest BCUT2D eigenvalue weighted by molar-refractivity contribution is 0.0940. The minimum Gasteiger partial charge on any atom is -0.496 e. The van der Waals surface area contributed by atoms with Crippen molar-refractivity contribution in [3.8, 4) is 16.3 Å². The van der Waals surface area contributed by atoms with Crippen molar-refractivity contribution in [1.82, 2.24) is 15.2 Å². The number of carbonyl (C=O) groups excluding carboxylic acids is 1. The maximum absolute atomic E-state index is 13.0. The molecule has 6 heteroatoms. The zero-order chi connectivity index (χ0) is 20.9. The highest BCUT2D eigenvalue weighted by Gasteiger charge is 2.27. The van der Waals surface area contributed by atoms with Crippen molar-refractivity contribution in [2.75, 3.05) is 26.7 Å². The van der Waals surface area contributed by atoms with E-state index in [1.54, 1.807) is 7.11 Å². The Kier molecular flexibility index (Phi) is 6.45. The molecule has 2 heterocycles. The standard InChI is InChI=1S/C24H27N3O2S/c1-17-22(30-24(26-17)18-10-4-3-5-11-18)23(28)25-16-20(27-14-8-9-15-27)19-12-6-7-13-21(19)29-2/h3-7,10-13,20H,8-9,14-16H2,1-2H3,(H,25,28). The number of aryl methyl sites for hydroxylation is 1. The average molecular weight is 422 g/mol. The van der Waals surface area contributed by atoms with E-state index in [1.807, 2.05) is 55.5 Å². The maximum atomic E-state index is 13.0. The van der Waals surface area contributed by atoms with E-state index in [0.29, 0.717) is 11.4 Å². The lowest BCUT2D eigenvalue weighted by Crippen LogP contribution is -2.37. The highest BCUT2D eigenvalue weighted by atomic mass is 32.1. The number of likely N-dealkylation sites (tertiary alicyclic amines) is 1. The lowest BCUT2D eigenvalue weighted by atomic mass is 10.0. The monoisotopic (exact) mass is 421 g/mol. The van der Waals surface area contributed by atoms with E-state index in [9.17, 15) is 4.79 Å². The van der Waals surface area contributed by atoms with E-state index >= 15 is 0 Å². The van der Waals surface area contributed by atoms with Crippen LogP contribution >= 0.6 is 11.3 Å². The van der Waals surface area contributed by atoms with Crippen LogP contribution in [0.25, 0.3) is 10.6 Å². The summed E-state index contributed by atoms with van der Waals surface area (Å²) in [4.78, 5) is 20.8. The summed E-state index contributed by atoms with van der Waals surface area (Å²) >= 11 is 1.45. The van der Waals surface area contributed by atoms with Crippen LogP contribution in [0.1, 0.15) is 39.8 Å². The van der Waals surface area contributed by atoms with Crippen LogP contribution in [0.2, 0.25) is 0 Å². The Hall–Kier alpha value is -2.70. The molecule has 0 spiro atoms. The van der Waals surface area contributed by atoms with Gasteiger partial charge < -0.3 is 10.1 Å². The summed E-state index contributed by atoms with van der Waals surface area (Å²) in [5.41, 5.74) is 2.92. The van der Waals surface area contributed by atoms with Gasteiger partial charge in [-0.15, -0.1) is 11.3 Å². The molecule has 156 valence electrons. The summed E-state index contributed by atoms with van der Waals surface area (Å²) in [5, 5.41) is 4.04. The van der Waals surface area contributed by atoms with Crippen LogP contribution in [0.15, 0.2) is 54.6 Å². The third-order valence-electron chi connectivity index (χ3n) is 5.56. The molecule has 2 aromatic carbocycles. The van der Waals surface area contributed by atoms with E-state index in [0.717, 1.165) is 40.7 Å². The first-order chi connectivity index (χ1) is 14.7. The summed E-state index contributed by atoms with van der Waals surface area (Å²) < 4.78 is 5.60. The summed E-state index contributed by atoms with van der Waals surface area (Å²) in [6, 6.07) is 18.2. The fourth-order valence-corrected chi connectivity index (χ4v) is 5.00. The zero-order valence-electron chi connectivity index (χ0n) is 17.4. The molecule has 4 rings (SSSR count). The molecule has 0 bridgehead atoms. The largest absolute Gasteiger partial charge is 0.496 e. The maximum Gasteiger partial charge on any atom is 0.263 e. The number of ether oxygens (including phenoxy) is 1. The topological polar surface area (TPSA) is 54.5 Å². The third kappa shape index (κ3) is 4.40. The highest BCUT2D eigenvalue weighted by molar-refractivity contribution is 7.17. The number of carbonyl (C=O) groups is 1. The van der Waals surface area contributed by atoms with Gasteiger partial charge in [0.25, 0.3) is 5.91 Å². The number of rotatable bonds is 7. The summed E-state index contributed by atoms with van der Waals surface area (Å²) in [7, 11) is 1.70. The highest BCUT2D eigenvalue weighted by Crippen LogP contribution is 2.32. The molecule has 1 saturated heterocycles. The van der Waals surface area contributed by atoms with Crippen molar-refractivity contribution in [3.63, 3.8) is 0 Å². The summed E-state index contributed by atoms with van der Waals surface area (Å²) in [6.07, 6.45) is 2.38. The van der Waals surface area contributed by atoms with Crippen LogP contribution in [0.5, 0.6) is 5.75 Å². The third-order valence-corrected chi connectivity index (χ3v) is 6.76. The van der Waals surface area contributed by atoms with Gasteiger partial charge in [-0.3, -0.25) is 9.69 Å². The van der Waals surface area contributed by atoms with Crippen LogP contribution in [0.3, 0.4) is 0 Å². The van der Waals surface area contributed by atoms with Gasteiger partial charge in [-0.2, -0.15) is 0 Å². The van der Waals surface area contributed by atoms with Gasteiger partial charge >= 0.3 is 0 Å². The molecule has 0 aliphatic carbocycles. The van der Waals surface area contributed by atoms with E-state index in [-0.39, 0.29) is 11.9 Å². The van der Waals surface area contributed by atoms with Crippen LogP contribution in [-0.2, 0) is 0 Å². The Morgan fingerprint density at radius 1 is 1.13 bits per heavy atom. The first kappa shape index (κ1) is 20.6. The molecule has 1 aliphatic heterocycles. The normalized spacial score (nSPS) is 15.1. The molecule has 5 nitrogen and oxygen atoms in total. The predicted octanol–water partition coefficient (Wildman–Crippen LogP) is 4.69. The van der Waals surface area contributed by atoms with Crippen LogP contribution in [0, 0.1) is 6.92 Å². The van der Waals surface area contributed by atoms with E-state index in [2.05, 4.69) is 21.3 Å². The minimum absolute atomic E-state index is 0.0636. The Labute approximate surface area is 181 Å². The number of para-hydroxylation sites is 1. The Morgan fingerprint density at radius 2 is 1.83 bits per heavy atom. The lowest BCUT2D eigenvalue weighted by Gasteiger charge is -2.29. The van der Waals surface area contributed by atoms with Gasteiger partial charge in [-0.1, -0.05) is 48.5 Å². The molecule has 0 radical (unpaired) electrons. The molecule has 1 unspecified atom stereocenters. The molecule has 1 amide bonds. The smallest absolute Gasteiger partial charge is 0.263 e. The average Bonchev–Trinajstić information content (AvgIpc) is 3.45. The van der Waals surface area contributed by atoms with Gasteiger partial charge in [0.15, 0.2) is 0 Å². The second kappa shape index (κ2) is 9.41. The Balaban J connectivity index is 1.52. The molecule has 1 N–H and O–H groups in total. The van der Waals surface area contributed by atoms with Crippen LogP contribution < -0.4 is 10.1 Å². The van der Waals surface area contributed by atoms with Gasteiger partial charge in [-0.25, -0.2) is 4.98 Å². The molecule has 3 aromatic rings. The van der Waals surface area contributed by atoms with E-state index in [1.165, 1.54) is 24.2 Å².